The summed E-state index contributed by atoms with van der Waals surface area (Å²) in [5.41, 5.74) is 0.952. The molecule has 1 aromatic carbocycles. The zero-order valence-electron chi connectivity index (χ0n) is 11.1. The Kier molecular flexibility index (Phi) is 4.81. The second-order valence-electron chi connectivity index (χ2n) is 4.77. The molecule has 0 fully saturated rings. The molecule has 2 N–H and O–H groups in total. The lowest BCUT2D eigenvalue weighted by Gasteiger charge is -2.21. The fourth-order valence-electron chi connectivity index (χ4n) is 1.65. The predicted molar refractivity (Wildman–Crippen MR) is 70.5 cm³/mol. The van der Waals surface area contributed by atoms with Crippen molar-refractivity contribution in [1.82, 2.24) is 5.32 Å². The van der Waals surface area contributed by atoms with E-state index >= 15 is 0 Å². The molecule has 18 heavy (non-hydrogen) atoms. The Bertz CT molecular complexity index is 430. The van der Waals surface area contributed by atoms with Gasteiger partial charge in [-0.3, -0.25) is 10.1 Å². The molecule has 0 aliphatic carbocycles. The Morgan fingerprint density at radius 2 is 2.17 bits per heavy atom. The van der Waals surface area contributed by atoms with Crippen molar-refractivity contribution >= 4 is 5.69 Å². The first-order chi connectivity index (χ1) is 8.37. The van der Waals surface area contributed by atoms with Crippen molar-refractivity contribution in [3.63, 3.8) is 0 Å². The maximum atomic E-state index is 10.8. The van der Waals surface area contributed by atoms with Gasteiger partial charge in [-0.15, -0.1) is 0 Å². The van der Waals surface area contributed by atoms with E-state index in [-0.39, 0.29) is 10.6 Å². The van der Waals surface area contributed by atoms with Crippen LogP contribution in [-0.4, -0.2) is 22.2 Å². The van der Waals surface area contributed by atoms with Gasteiger partial charge < -0.3 is 10.4 Å². The predicted octanol–water partition coefficient (Wildman–Crippen LogP) is 2.15. The molecular formula is C13H20N2O3. The second-order valence-corrected chi connectivity index (χ2v) is 4.77. The number of nitrogens with zero attached hydrogens (tertiary/aromatic N) is 1. The lowest BCUT2D eigenvalue weighted by molar-refractivity contribution is -0.385. The maximum absolute atomic E-state index is 10.8. The van der Waals surface area contributed by atoms with Crippen molar-refractivity contribution in [3.05, 3.63) is 39.4 Å². The van der Waals surface area contributed by atoms with Crippen molar-refractivity contribution in [2.45, 2.75) is 39.3 Å². The molecule has 0 bridgehead atoms. The van der Waals surface area contributed by atoms with Gasteiger partial charge >= 0.3 is 0 Å². The Labute approximate surface area is 107 Å². The lowest BCUT2D eigenvalue weighted by Crippen LogP contribution is -2.36. The molecule has 1 aromatic rings. The average molecular weight is 252 g/mol. The number of aliphatic hydroxyl groups is 1. The Morgan fingerprint density at radius 3 is 2.72 bits per heavy atom. The fourth-order valence-corrected chi connectivity index (χ4v) is 1.65. The van der Waals surface area contributed by atoms with Gasteiger partial charge in [-0.05, 0) is 25.8 Å². The van der Waals surface area contributed by atoms with E-state index in [0.29, 0.717) is 25.1 Å². The summed E-state index contributed by atoms with van der Waals surface area (Å²) in [4.78, 5) is 10.4. The molecule has 0 saturated heterocycles. The van der Waals surface area contributed by atoms with Gasteiger partial charge in [0.2, 0.25) is 0 Å². The minimum atomic E-state index is -0.741. The first-order valence-corrected chi connectivity index (χ1v) is 6.03. The molecule has 1 unspecified atom stereocenters. The van der Waals surface area contributed by atoms with Crippen LogP contribution in [-0.2, 0) is 6.54 Å². The summed E-state index contributed by atoms with van der Waals surface area (Å²) in [6.45, 7) is 6.41. The van der Waals surface area contributed by atoms with Crippen LogP contribution in [0, 0.1) is 17.0 Å². The zero-order valence-corrected chi connectivity index (χ0v) is 11.1. The molecule has 1 atom stereocenters. The van der Waals surface area contributed by atoms with E-state index in [1.54, 1.807) is 19.9 Å². The monoisotopic (exact) mass is 252 g/mol. The van der Waals surface area contributed by atoms with Crippen LogP contribution in [0.5, 0.6) is 0 Å². The van der Waals surface area contributed by atoms with Crippen LogP contribution in [0.25, 0.3) is 0 Å². The quantitative estimate of drug-likeness (QED) is 0.601. The Hall–Kier alpha value is -1.46. The highest BCUT2D eigenvalue weighted by Gasteiger charge is 2.17. The molecule has 0 saturated carbocycles. The molecule has 0 radical (unpaired) electrons. The van der Waals surface area contributed by atoms with Gasteiger partial charge in [0.25, 0.3) is 5.69 Å². The molecular weight excluding hydrogens is 232 g/mol. The van der Waals surface area contributed by atoms with E-state index in [1.807, 2.05) is 13.0 Å². The summed E-state index contributed by atoms with van der Waals surface area (Å²) in [7, 11) is 0. The van der Waals surface area contributed by atoms with Crippen molar-refractivity contribution in [2.75, 3.05) is 6.54 Å². The van der Waals surface area contributed by atoms with E-state index in [9.17, 15) is 15.2 Å². The summed E-state index contributed by atoms with van der Waals surface area (Å²) in [5, 5.41) is 23.8. The summed E-state index contributed by atoms with van der Waals surface area (Å²) in [5.74, 6) is 0. The molecule has 0 aromatic heterocycles. The summed E-state index contributed by atoms with van der Waals surface area (Å²) < 4.78 is 0. The molecule has 0 aliphatic rings. The van der Waals surface area contributed by atoms with E-state index in [2.05, 4.69) is 5.32 Å². The molecule has 100 valence electrons. The van der Waals surface area contributed by atoms with Crippen LogP contribution in [0.4, 0.5) is 5.69 Å². The highest BCUT2D eigenvalue weighted by atomic mass is 16.6. The van der Waals surface area contributed by atoms with E-state index < -0.39 is 5.60 Å². The van der Waals surface area contributed by atoms with Crippen LogP contribution in [0.1, 0.15) is 31.4 Å². The normalized spacial score (nSPS) is 14.2. The van der Waals surface area contributed by atoms with Crippen LogP contribution < -0.4 is 5.32 Å². The number of nitro groups is 1. The van der Waals surface area contributed by atoms with Gasteiger partial charge in [0.1, 0.15) is 0 Å². The van der Waals surface area contributed by atoms with Gasteiger partial charge in [-0.1, -0.05) is 19.1 Å². The zero-order chi connectivity index (χ0) is 13.8. The highest BCUT2D eigenvalue weighted by Crippen LogP contribution is 2.21. The van der Waals surface area contributed by atoms with Gasteiger partial charge in [0.15, 0.2) is 0 Å². The van der Waals surface area contributed by atoms with E-state index in [0.717, 1.165) is 5.56 Å². The van der Waals surface area contributed by atoms with Gasteiger partial charge in [0.05, 0.1) is 10.5 Å². The molecule has 5 nitrogen and oxygen atoms in total. The molecule has 0 heterocycles. The third-order valence-corrected chi connectivity index (χ3v) is 3.20. The Morgan fingerprint density at radius 1 is 1.50 bits per heavy atom. The lowest BCUT2D eigenvalue weighted by atomic mass is 10.0. The summed E-state index contributed by atoms with van der Waals surface area (Å²) in [6, 6.07) is 5.04. The van der Waals surface area contributed by atoms with Crippen molar-refractivity contribution in [1.29, 1.82) is 0 Å². The van der Waals surface area contributed by atoms with Gasteiger partial charge in [-0.25, -0.2) is 0 Å². The first-order valence-electron chi connectivity index (χ1n) is 6.03. The number of nitrogens with one attached hydrogen (secondary N) is 1. The van der Waals surface area contributed by atoms with Gasteiger partial charge in [-0.2, -0.15) is 0 Å². The molecule has 0 aliphatic heterocycles. The van der Waals surface area contributed by atoms with E-state index in [1.165, 1.54) is 6.07 Å². The number of hydrogen-bond donors (Lipinski definition) is 2. The smallest absolute Gasteiger partial charge is 0.272 e. The maximum Gasteiger partial charge on any atom is 0.272 e. The van der Waals surface area contributed by atoms with Crippen LogP contribution in [0.15, 0.2) is 18.2 Å². The number of hydrogen-bond acceptors (Lipinski definition) is 4. The van der Waals surface area contributed by atoms with Crippen molar-refractivity contribution in [2.24, 2.45) is 0 Å². The van der Waals surface area contributed by atoms with Crippen molar-refractivity contribution < 1.29 is 10.0 Å². The summed E-state index contributed by atoms with van der Waals surface area (Å²) in [6.07, 6.45) is 0.661. The number of benzene rings is 1. The minimum Gasteiger partial charge on any atom is -0.389 e. The first kappa shape index (κ1) is 14.6. The minimum absolute atomic E-state index is 0.136. The Balaban J connectivity index is 2.69. The molecule has 0 amide bonds. The third-order valence-electron chi connectivity index (χ3n) is 3.20. The largest absolute Gasteiger partial charge is 0.389 e. The standard InChI is InChI=1S/C13H20N2O3/c1-4-13(3,16)9-14-8-11-6-5-7-12(10(11)2)15(17)18/h5-7,14,16H,4,8-9H2,1-3H3. The van der Waals surface area contributed by atoms with Crippen LogP contribution in [0.2, 0.25) is 0 Å². The van der Waals surface area contributed by atoms with E-state index in [4.69, 9.17) is 0 Å². The SMILES string of the molecule is CCC(C)(O)CNCc1cccc([N+](=O)[O-])c1C. The summed E-state index contributed by atoms with van der Waals surface area (Å²) >= 11 is 0. The third kappa shape index (κ3) is 3.78. The number of nitro benzene ring substituents is 1. The van der Waals surface area contributed by atoms with Crippen LogP contribution >= 0.6 is 0 Å². The van der Waals surface area contributed by atoms with Crippen LogP contribution in [0.3, 0.4) is 0 Å². The van der Waals surface area contributed by atoms with Crippen molar-refractivity contribution in [3.8, 4) is 0 Å². The fraction of sp³-hybridized carbons (Fsp3) is 0.538. The molecule has 1 rings (SSSR count). The highest BCUT2D eigenvalue weighted by molar-refractivity contribution is 5.44. The topological polar surface area (TPSA) is 75.4 Å². The second kappa shape index (κ2) is 5.93. The van der Waals surface area contributed by atoms with Gasteiger partial charge in [0, 0.05) is 24.7 Å². The molecule has 5 heteroatoms. The average Bonchev–Trinajstić information content (AvgIpc) is 2.31. The number of rotatable bonds is 6. The molecule has 0 spiro atoms.